The van der Waals surface area contributed by atoms with Crippen molar-refractivity contribution in [1.82, 2.24) is 9.80 Å². The van der Waals surface area contributed by atoms with Crippen LogP contribution in [0.3, 0.4) is 0 Å². The van der Waals surface area contributed by atoms with Crippen molar-refractivity contribution in [2.45, 2.75) is 44.6 Å². The van der Waals surface area contributed by atoms with Crippen molar-refractivity contribution in [1.29, 1.82) is 0 Å². The number of nitrogens with zero attached hydrogens (tertiary/aromatic N) is 2. The fourth-order valence-electron chi connectivity index (χ4n) is 3.99. The van der Waals surface area contributed by atoms with E-state index in [9.17, 15) is 4.79 Å². The average Bonchev–Trinajstić information content (AvgIpc) is 2.67. The summed E-state index contributed by atoms with van der Waals surface area (Å²) in [7, 11) is 0. The van der Waals surface area contributed by atoms with Crippen LogP contribution in [0.15, 0.2) is 24.3 Å². The molecule has 1 heterocycles. The Morgan fingerprint density at radius 2 is 1.88 bits per heavy atom. The normalized spacial score (nSPS) is 19.8. The van der Waals surface area contributed by atoms with Gasteiger partial charge in [-0.05, 0) is 30.5 Å². The van der Waals surface area contributed by atoms with Crippen LogP contribution >= 0.6 is 0 Å². The zero-order valence-corrected chi connectivity index (χ0v) is 15.2. The second-order valence-electron chi connectivity index (χ2n) is 7.17. The molecule has 2 aliphatic rings. The number of ether oxygens (including phenoxy) is 1. The molecule has 0 atom stereocenters. The molecular weight excluding hydrogens is 314 g/mol. The summed E-state index contributed by atoms with van der Waals surface area (Å²) in [5, 5.41) is 0. The third-order valence-electron chi connectivity index (χ3n) is 5.40. The van der Waals surface area contributed by atoms with Gasteiger partial charge in [0.2, 0.25) is 5.91 Å². The molecule has 1 saturated carbocycles. The Morgan fingerprint density at radius 3 is 2.60 bits per heavy atom. The molecule has 0 unspecified atom stereocenters. The summed E-state index contributed by atoms with van der Waals surface area (Å²) >= 11 is 0. The van der Waals surface area contributed by atoms with E-state index in [4.69, 9.17) is 10.5 Å². The largest absolute Gasteiger partial charge is 0.492 e. The summed E-state index contributed by atoms with van der Waals surface area (Å²) in [4.78, 5) is 17.2. The summed E-state index contributed by atoms with van der Waals surface area (Å²) in [5.74, 6) is 1.01. The Bertz CT molecular complexity index is 550. The van der Waals surface area contributed by atoms with Crippen molar-refractivity contribution >= 4 is 5.91 Å². The van der Waals surface area contributed by atoms with Crippen LogP contribution in [0.5, 0.6) is 5.75 Å². The second kappa shape index (κ2) is 9.20. The lowest BCUT2D eigenvalue weighted by molar-refractivity contribution is -0.132. The molecular formula is C20H31N3O2. The van der Waals surface area contributed by atoms with Gasteiger partial charge in [0.25, 0.3) is 0 Å². The average molecular weight is 345 g/mol. The lowest BCUT2D eigenvalue weighted by Gasteiger charge is -2.40. The molecule has 25 heavy (non-hydrogen) atoms. The molecule has 0 aromatic heterocycles. The van der Waals surface area contributed by atoms with Gasteiger partial charge in [-0.3, -0.25) is 9.69 Å². The molecule has 1 aliphatic carbocycles. The maximum absolute atomic E-state index is 12.6. The van der Waals surface area contributed by atoms with Crippen molar-refractivity contribution < 1.29 is 9.53 Å². The summed E-state index contributed by atoms with van der Waals surface area (Å²) < 4.78 is 5.55. The van der Waals surface area contributed by atoms with Gasteiger partial charge in [0.1, 0.15) is 12.4 Å². The third-order valence-corrected chi connectivity index (χ3v) is 5.40. The monoisotopic (exact) mass is 345 g/mol. The van der Waals surface area contributed by atoms with Gasteiger partial charge in [-0.2, -0.15) is 0 Å². The molecule has 3 rings (SSSR count). The van der Waals surface area contributed by atoms with E-state index in [1.54, 1.807) is 0 Å². The van der Waals surface area contributed by atoms with Gasteiger partial charge in [-0.15, -0.1) is 0 Å². The number of piperazine rings is 1. The van der Waals surface area contributed by atoms with Crippen LogP contribution in [0.4, 0.5) is 0 Å². The van der Waals surface area contributed by atoms with Crippen LogP contribution < -0.4 is 10.5 Å². The van der Waals surface area contributed by atoms with Crippen LogP contribution in [0.1, 0.15) is 37.7 Å². The zero-order chi connectivity index (χ0) is 17.5. The molecule has 0 radical (unpaired) electrons. The molecule has 1 aliphatic heterocycles. The lowest BCUT2D eigenvalue weighted by Crippen LogP contribution is -2.52. The highest BCUT2D eigenvalue weighted by Crippen LogP contribution is 2.23. The number of hydrogen-bond acceptors (Lipinski definition) is 4. The summed E-state index contributed by atoms with van der Waals surface area (Å²) in [5.41, 5.74) is 6.48. The summed E-state index contributed by atoms with van der Waals surface area (Å²) in [6.45, 7) is 4.76. The first-order chi connectivity index (χ1) is 12.3. The van der Waals surface area contributed by atoms with E-state index in [1.807, 2.05) is 29.2 Å². The fraction of sp³-hybridized carbons (Fsp3) is 0.650. The quantitative estimate of drug-likeness (QED) is 0.857. The molecule has 5 nitrogen and oxygen atoms in total. The number of amides is 1. The zero-order valence-electron chi connectivity index (χ0n) is 15.2. The Kier molecular flexibility index (Phi) is 6.70. The van der Waals surface area contributed by atoms with Crippen LogP contribution in [-0.4, -0.2) is 61.1 Å². The Balaban J connectivity index is 1.47. The smallest absolute Gasteiger partial charge is 0.227 e. The molecule has 2 N–H and O–H groups in total. The van der Waals surface area contributed by atoms with Gasteiger partial charge in [0.15, 0.2) is 0 Å². The van der Waals surface area contributed by atoms with Gasteiger partial charge in [0, 0.05) is 38.8 Å². The molecule has 0 bridgehead atoms. The molecule has 1 amide bonds. The van der Waals surface area contributed by atoms with E-state index in [2.05, 4.69) is 4.90 Å². The molecule has 2 fully saturated rings. The van der Waals surface area contributed by atoms with Crippen LogP contribution in [0.25, 0.3) is 0 Å². The van der Waals surface area contributed by atoms with Gasteiger partial charge >= 0.3 is 0 Å². The van der Waals surface area contributed by atoms with Crippen molar-refractivity contribution in [3.63, 3.8) is 0 Å². The van der Waals surface area contributed by atoms with E-state index in [-0.39, 0.29) is 5.91 Å². The highest BCUT2D eigenvalue weighted by Gasteiger charge is 2.26. The predicted octanol–water partition coefficient (Wildman–Crippen LogP) is 2.04. The molecule has 1 saturated heterocycles. The van der Waals surface area contributed by atoms with E-state index >= 15 is 0 Å². The minimum atomic E-state index is 0.222. The maximum Gasteiger partial charge on any atom is 0.227 e. The minimum Gasteiger partial charge on any atom is -0.492 e. The number of nitrogens with two attached hydrogens (primary N) is 1. The molecule has 5 heteroatoms. The second-order valence-corrected chi connectivity index (χ2v) is 7.17. The van der Waals surface area contributed by atoms with E-state index < -0.39 is 0 Å². The number of carbonyl (C=O) groups is 1. The number of hydrogen-bond donors (Lipinski definition) is 1. The summed E-state index contributed by atoms with van der Waals surface area (Å²) in [6.07, 6.45) is 7.25. The SMILES string of the molecule is NCCOc1cccc(CC(=O)N2CCN(C3CCCCC3)CC2)c1. The van der Waals surface area contributed by atoms with Gasteiger partial charge in [-0.1, -0.05) is 31.4 Å². The highest BCUT2D eigenvalue weighted by atomic mass is 16.5. The first-order valence-electron chi connectivity index (χ1n) is 9.70. The number of rotatable bonds is 6. The van der Waals surface area contributed by atoms with E-state index in [0.29, 0.717) is 19.6 Å². The number of carbonyl (C=O) groups excluding carboxylic acids is 1. The summed E-state index contributed by atoms with van der Waals surface area (Å²) in [6, 6.07) is 8.54. The highest BCUT2D eigenvalue weighted by molar-refractivity contribution is 5.79. The van der Waals surface area contributed by atoms with Crippen molar-refractivity contribution in [2.24, 2.45) is 5.73 Å². The maximum atomic E-state index is 12.6. The van der Waals surface area contributed by atoms with E-state index in [1.165, 1.54) is 32.1 Å². The number of benzene rings is 1. The Morgan fingerprint density at radius 1 is 1.12 bits per heavy atom. The topological polar surface area (TPSA) is 58.8 Å². The van der Waals surface area contributed by atoms with Crippen molar-refractivity contribution in [2.75, 3.05) is 39.3 Å². The molecule has 1 aromatic rings. The predicted molar refractivity (Wildman–Crippen MR) is 99.7 cm³/mol. The van der Waals surface area contributed by atoms with E-state index in [0.717, 1.165) is 43.5 Å². The van der Waals surface area contributed by atoms with Gasteiger partial charge in [-0.25, -0.2) is 0 Å². The Hall–Kier alpha value is -1.59. The fourth-order valence-corrected chi connectivity index (χ4v) is 3.99. The van der Waals surface area contributed by atoms with Gasteiger partial charge < -0.3 is 15.4 Å². The third kappa shape index (κ3) is 5.19. The van der Waals surface area contributed by atoms with Crippen LogP contribution in [0.2, 0.25) is 0 Å². The molecule has 0 spiro atoms. The molecule has 138 valence electrons. The van der Waals surface area contributed by atoms with Crippen molar-refractivity contribution in [3.8, 4) is 5.75 Å². The first kappa shape index (κ1) is 18.2. The Labute approximate surface area is 151 Å². The lowest BCUT2D eigenvalue weighted by atomic mass is 9.94. The minimum absolute atomic E-state index is 0.222. The van der Waals surface area contributed by atoms with Crippen molar-refractivity contribution in [3.05, 3.63) is 29.8 Å². The first-order valence-corrected chi connectivity index (χ1v) is 9.70. The standard InChI is InChI=1S/C20H31N3O2/c21-9-14-25-19-8-4-5-17(15-19)16-20(24)23-12-10-22(11-13-23)18-6-2-1-3-7-18/h4-5,8,15,18H,1-3,6-7,9-14,16,21H2. The molecule has 1 aromatic carbocycles. The van der Waals surface area contributed by atoms with Gasteiger partial charge in [0.05, 0.1) is 6.42 Å². The van der Waals surface area contributed by atoms with Crippen LogP contribution in [0, 0.1) is 0 Å². The van der Waals surface area contributed by atoms with Crippen LogP contribution in [-0.2, 0) is 11.2 Å².